The van der Waals surface area contributed by atoms with E-state index in [2.05, 4.69) is 26.0 Å². The van der Waals surface area contributed by atoms with Crippen LogP contribution in [0.5, 0.6) is 0 Å². The molecule has 0 spiro atoms. The summed E-state index contributed by atoms with van der Waals surface area (Å²) in [5.41, 5.74) is 0. The normalized spacial score (nSPS) is 11.2. The van der Waals surface area contributed by atoms with Crippen LogP contribution < -0.4 is 0 Å². The molecule has 0 rings (SSSR count). The lowest BCUT2D eigenvalue weighted by Gasteiger charge is -1.95. The minimum Gasteiger partial charge on any atom is -0.303 e. The molecule has 1 nitrogen and oxygen atoms in total. The molecule has 0 aliphatic rings. The molecule has 64 valence electrons. The van der Waals surface area contributed by atoms with Crippen LogP contribution in [0.2, 0.25) is 0 Å². The number of hydrogen-bond donors (Lipinski definition) is 0. The van der Waals surface area contributed by atoms with E-state index in [1.165, 1.54) is 0 Å². The van der Waals surface area contributed by atoms with Crippen LogP contribution in [0.3, 0.4) is 0 Å². The maximum atomic E-state index is 9.92. The van der Waals surface area contributed by atoms with Gasteiger partial charge >= 0.3 is 0 Å². The van der Waals surface area contributed by atoms with Gasteiger partial charge in [-0.3, -0.25) is 0 Å². The van der Waals surface area contributed by atoms with Gasteiger partial charge in [-0.05, 0) is 25.2 Å². The molecule has 0 fully saturated rings. The highest BCUT2D eigenvalue weighted by atomic mass is 16.1. The molecule has 0 atom stereocenters. The molecule has 0 bridgehead atoms. The summed E-state index contributed by atoms with van der Waals surface area (Å²) >= 11 is 0. The molecule has 0 aromatic heterocycles. The Kier molecular flexibility index (Phi) is 7.11. The quantitative estimate of drug-likeness (QED) is 0.326. The number of carbonyl (C=O) groups excluding carboxylic acids is 1. The van der Waals surface area contributed by atoms with E-state index >= 15 is 0 Å². The molecule has 0 amide bonds. The molecular formula is C10H18O. The zero-order chi connectivity index (χ0) is 8.53. The maximum Gasteiger partial charge on any atom is 0.120 e. The van der Waals surface area contributed by atoms with Crippen LogP contribution in [0.4, 0.5) is 0 Å². The van der Waals surface area contributed by atoms with Gasteiger partial charge in [-0.2, -0.15) is 0 Å². The van der Waals surface area contributed by atoms with E-state index in [0.29, 0.717) is 6.42 Å². The van der Waals surface area contributed by atoms with Crippen molar-refractivity contribution < 1.29 is 4.79 Å². The number of hydrogen-bond acceptors (Lipinski definition) is 1. The Morgan fingerprint density at radius 3 is 2.45 bits per heavy atom. The summed E-state index contributed by atoms with van der Waals surface area (Å²) in [5.74, 6) is 0.748. The van der Waals surface area contributed by atoms with E-state index in [0.717, 1.165) is 31.5 Å². The van der Waals surface area contributed by atoms with Crippen molar-refractivity contribution in [1.82, 2.24) is 0 Å². The van der Waals surface area contributed by atoms with Gasteiger partial charge in [-0.15, -0.1) is 0 Å². The third-order valence-corrected chi connectivity index (χ3v) is 1.47. The molecule has 1 heteroatoms. The molecule has 0 aliphatic heterocycles. The average molecular weight is 154 g/mol. The number of allylic oxidation sites excluding steroid dienone is 2. The van der Waals surface area contributed by atoms with E-state index in [4.69, 9.17) is 0 Å². The number of rotatable bonds is 6. The SMILES string of the molecule is CC(C)C/C=C/CCCC=O. The largest absolute Gasteiger partial charge is 0.303 e. The van der Waals surface area contributed by atoms with E-state index in [1.807, 2.05) is 0 Å². The highest BCUT2D eigenvalue weighted by molar-refractivity contribution is 5.48. The lowest BCUT2D eigenvalue weighted by atomic mass is 10.1. The number of unbranched alkanes of at least 4 members (excludes halogenated alkanes) is 2. The summed E-state index contributed by atoms with van der Waals surface area (Å²) in [6.45, 7) is 4.41. The van der Waals surface area contributed by atoms with Crippen LogP contribution in [-0.2, 0) is 4.79 Å². The van der Waals surface area contributed by atoms with Gasteiger partial charge in [0, 0.05) is 6.42 Å². The van der Waals surface area contributed by atoms with Gasteiger partial charge in [0.2, 0.25) is 0 Å². The minimum atomic E-state index is 0.700. The van der Waals surface area contributed by atoms with Crippen molar-refractivity contribution in [2.24, 2.45) is 5.92 Å². The maximum absolute atomic E-state index is 9.92. The molecule has 0 saturated carbocycles. The first kappa shape index (κ1) is 10.4. The van der Waals surface area contributed by atoms with Crippen molar-refractivity contribution in [1.29, 1.82) is 0 Å². The lowest BCUT2D eigenvalue weighted by Crippen LogP contribution is -1.81. The first-order valence-electron chi connectivity index (χ1n) is 4.36. The predicted octanol–water partition coefficient (Wildman–Crippen LogP) is 2.96. The van der Waals surface area contributed by atoms with Crippen LogP contribution in [0.1, 0.15) is 39.5 Å². The monoisotopic (exact) mass is 154 g/mol. The molecule has 0 aromatic rings. The molecule has 0 unspecified atom stereocenters. The van der Waals surface area contributed by atoms with Crippen molar-refractivity contribution in [3.05, 3.63) is 12.2 Å². The third kappa shape index (κ3) is 9.41. The Balaban J connectivity index is 3.09. The van der Waals surface area contributed by atoms with E-state index in [-0.39, 0.29) is 0 Å². The van der Waals surface area contributed by atoms with Gasteiger partial charge in [0.25, 0.3) is 0 Å². The summed E-state index contributed by atoms with van der Waals surface area (Å²) in [7, 11) is 0. The predicted molar refractivity (Wildman–Crippen MR) is 48.5 cm³/mol. The van der Waals surface area contributed by atoms with E-state index in [9.17, 15) is 4.79 Å². The topological polar surface area (TPSA) is 17.1 Å². The summed E-state index contributed by atoms with van der Waals surface area (Å²) in [6, 6.07) is 0. The van der Waals surface area contributed by atoms with Crippen molar-refractivity contribution in [2.75, 3.05) is 0 Å². The highest BCUT2D eigenvalue weighted by Crippen LogP contribution is 2.01. The van der Waals surface area contributed by atoms with Gasteiger partial charge in [0.15, 0.2) is 0 Å². The molecule has 0 aromatic carbocycles. The first-order valence-corrected chi connectivity index (χ1v) is 4.36. The summed E-state index contributed by atoms with van der Waals surface area (Å²) in [6.07, 6.45) is 9.26. The Bertz CT molecular complexity index is 114. The molecular weight excluding hydrogens is 136 g/mol. The first-order chi connectivity index (χ1) is 5.27. The Hall–Kier alpha value is -0.590. The average Bonchev–Trinajstić information content (AvgIpc) is 1.96. The van der Waals surface area contributed by atoms with Crippen LogP contribution in [0, 0.1) is 5.92 Å². The minimum absolute atomic E-state index is 0.700. The van der Waals surface area contributed by atoms with Gasteiger partial charge in [0.1, 0.15) is 6.29 Å². The Morgan fingerprint density at radius 2 is 1.91 bits per heavy atom. The standard InChI is InChI=1S/C10H18O/c1-10(2)8-6-4-3-5-7-9-11/h4,6,9-10H,3,5,7-8H2,1-2H3/b6-4+. The van der Waals surface area contributed by atoms with Crippen molar-refractivity contribution in [3.8, 4) is 0 Å². The van der Waals surface area contributed by atoms with Gasteiger partial charge < -0.3 is 4.79 Å². The summed E-state index contributed by atoms with van der Waals surface area (Å²) in [5, 5.41) is 0. The van der Waals surface area contributed by atoms with Crippen LogP contribution in [-0.4, -0.2) is 6.29 Å². The van der Waals surface area contributed by atoms with Gasteiger partial charge in [-0.25, -0.2) is 0 Å². The lowest BCUT2D eigenvalue weighted by molar-refractivity contribution is -0.107. The molecule has 0 aliphatic carbocycles. The number of carbonyl (C=O) groups is 1. The second kappa shape index (κ2) is 7.52. The highest BCUT2D eigenvalue weighted by Gasteiger charge is 1.86. The van der Waals surface area contributed by atoms with Gasteiger partial charge in [-0.1, -0.05) is 26.0 Å². The fraction of sp³-hybridized carbons (Fsp3) is 0.700. The fourth-order valence-electron chi connectivity index (χ4n) is 0.805. The Labute approximate surface area is 69.5 Å². The fourth-order valence-corrected chi connectivity index (χ4v) is 0.805. The van der Waals surface area contributed by atoms with Gasteiger partial charge in [0.05, 0.1) is 0 Å². The second-order valence-electron chi connectivity index (χ2n) is 3.20. The van der Waals surface area contributed by atoms with Crippen molar-refractivity contribution in [2.45, 2.75) is 39.5 Å². The van der Waals surface area contributed by atoms with E-state index in [1.54, 1.807) is 0 Å². The Morgan fingerprint density at radius 1 is 1.18 bits per heavy atom. The van der Waals surface area contributed by atoms with Crippen LogP contribution in [0.15, 0.2) is 12.2 Å². The molecule has 0 heterocycles. The van der Waals surface area contributed by atoms with Crippen LogP contribution in [0.25, 0.3) is 0 Å². The zero-order valence-corrected chi connectivity index (χ0v) is 7.55. The van der Waals surface area contributed by atoms with E-state index < -0.39 is 0 Å². The molecule has 0 saturated heterocycles. The second-order valence-corrected chi connectivity index (χ2v) is 3.20. The smallest absolute Gasteiger partial charge is 0.120 e. The molecule has 0 radical (unpaired) electrons. The van der Waals surface area contributed by atoms with Crippen molar-refractivity contribution in [3.63, 3.8) is 0 Å². The number of aldehydes is 1. The third-order valence-electron chi connectivity index (χ3n) is 1.47. The molecule has 11 heavy (non-hydrogen) atoms. The van der Waals surface area contributed by atoms with Crippen LogP contribution >= 0.6 is 0 Å². The summed E-state index contributed by atoms with van der Waals surface area (Å²) < 4.78 is 0. The van der Waals surface area contributed by atoms with Crippen molar-refractivity contribution >= 4 is 6.29 Å². The summed E-state index contributed by atoms with van der Waals surface area (Å²) in [4.78, 5) is 9.92. The molecule has 0 N–H and O–H groups in total. The zero-order valence-electron chi connectivity index (χ0n) is 7.55.